The van der Waals surface area contributed by atoms with Crippen molar-refractivity contribution in [3.05, 3.63) is 58.9 Å². The first-order valence-corrected chi connectivity index (χ1v) is 11.9. The molecule has 32 heavy (non-hydrogen) atoms. The molecular weight excluding hydrogens is 424 g/mol. The van der Waals surface area contributed by atoms with Crippen LogP contribution in [0, 0.1) is 0 Å². The van der Waals surface area contributed by atoms with Gasteiger partial charge in [-0.15, -0.1) is 0 Å². The molecule has 0 radical (unpaired) electrons. The molecule has 2 aromatic rings. The third-order valence-corrected chi connectivity index (χ3v) is 6.62. The maximum Gasteiger partial charge on any atom is 0.319 e. The predicted octanol–water partition coefficient (Wildman–Crippen LogP) is 4.85. The van der Waals surface area contributed by atoms with Gasteiger partial charge in [0.25, 0.3) is 0 Å². The van der Waals surface area contributed by atoms with Crippen molar-refractivity contribution in [2.24, 2.45) is 0 Å². The van der Waals surface area contributed by atoms with Gasteiger partial charge in [-0.2, -0.15) is 0 Å². The molecule has 3 rings (SSSR count). The summed E-state index contributed by atoms with van der Waals surface area (Å²) in [7, 11) is 3.44. The number of rotatable bonds is 8. The van der Waals surface area contributed by atoms with Gasteiger partial charge in [0, 0.05) is 50.1 Å². The summed E-state index contributed by atoms with van der Waals surface area (Å²) in [5, 5.41) is 0.744. The van der Waals surface area contributed by atoms with E-state index in [1.807, 2.05) is 48.4 Å². The van der Waals surface area contributed by atoms with Crippen molar-refractivity contribution >= 4 is 23.5 Å². The van der Waals surface area contributed by atoms with Gasteiger partial charge in [0.2, 0.25) is 5.91 Å². The predicted molar refractivity (Wildman–Crippen MR) is 129 cm³/mol. The molecule has 1 heterocycles. The minimum Gasteiger partial charge on any atom is -0.345 e. The molecule has 1 aliphatic rings. The average Bonchev–Trinajstić information content (AvgIpc) is 3.23. The zero-order chi connectivity index (χ0) is 23.1. The molecule has 3 amide bonds. The zero-order valence-corrected chi connectivity index (χ0v) is 20.2. The Balaban J connectivity index is 1.80. The lowest BCUT2D eigenvalue weighted by atomic mass is 9.94. The van der Waals surface area contributed by atoms with Crippen LogP contribution in [0.2, 0.25) is 5.02 Å². The number of amides is 3. The fraction of sp³-hybridized carbons (Fsp3) is 0.520. The number of benzene rings is 1. The number of urea groups is 1. The summed E-state index contributed by atoms with van der Waals surface area (Å²) in [5.41, 5.74) is 2.13. The van der Waals surface area contributed by atoms with Crippen molar-refractivity contribution in [1.29, 1.82) is 0 Å². The van der Waals surface area contributed by atoms with Crippen molar-refractivity contribution in [3.8, 4) is 0 Å². The molecule has 1 aliphatic carbocycles. The number of carbonyl (C=O) groups is 2. The molecule has 1 aromatic heterocycles. The van der Waals surface area contributed by atoms with Crippen molar-refractivity contribution in [2.75, 3.05) is 27.2 Å². The van der Waals surface area contributed by atoms with Crippen LogP contribution in [0.1, 0.15) is 50.3 Å². The van der Waals surface area contributed by atoms with Gasteiger partial charge in [0.15, 0.2) is 0 Å². The quantitative estimate of drug-likeness (QED) is 0.567. The summed E-state index contributed by atoms with van der Waals surface area (Å²) in [4.78, 5) is 31.1. The SMILES string of the molecule is CCN(CC(=O)N(Cc1cccn1Cc1ccccc1Cl)C1CCCCC1)C(=O)N(C)C. The Morgan fingerprint density at radius 1 is 1.06 bits per heavy atom. The van der Waals surface area contributed by atoms with Crippen LogP contribution >= 0.6 is 11.6 Å². The Labute approximate surface area is 196 Å². The zero-order valence-electron chi connectivity index (χ0n) is 19.5. The number of halogens is 1. The average molecular weight is 459 g/mol. The molecule has 0 bridgehead atoms. The number of aromatic nitrogens is 1. The van der Waals surface area contributed by atoms with Gasteiger partial charge >= 0.3 is 6.03 Å². The highest BCUT2D eigenvalue weighted by molar-refractivity contribution is 6.31. The molecule has 0 atom stereocenters. The summed E-state index contributed by atoms with van der Waals surface area (Å²) >= 11 is 6.38. The van der Waals surface area contributed by atoms with Crippen LogP contribution in [0.4, 0.5) is 4.79 Å². The number of hydrogen-bond donors (Lipinski definition) is 0. The van der Waals surface area contributed by atoms with Crippen LogP contribution in [0.5, 0.6) is 0 Å². The molecular formula is C25H35ClN4O2. The molecule has 0 N–H and O–H groups in total. The topological polar surface area (TPSA) is 48.8 Å². The Hall–Kier alpha value is -2.47. The van der Waals surface area contributed by atoms with Gasteiger partial charge in [-0.25, -0.2) is 4.79 Å². The van der Waals surface area contributed by atoms with Crippen LogP contribution in [0.15, 0.2) is 42.6 Å². The molecule has 1 saturated carbocycles. The van der Waals surface area contributed by atoms with E-state index in [4.69, 9.17) is 11.6 Å². The van der Waals surface area contributed by atoms with Crippen molar-refractivity contribution < 1.29 is 9.59 Å². The molecule has 0 aliphatic heterocycles. The van der Waals surface area contributed by atoms with Crippen LogP contribution in [0.3, 0.4) is 0 Å². The third-order valence-electron chi connectivity index (χ3n) is 6.25. The lowest BCUT2D eigenvalue weighted by Crippen LogP contribution is -2.49. The fourth-order valence-electron chi connectivity index (χ4n) is 4.40. The van der Waals surface area contributed by atoms with Crippen LogP contribution in [-0.2, 0) is 17.9 Å². The second kappa shape index (κ2) is 11.4. The molecule has 1 fully saturated rings. The van der Waals surface area contributed by atoms with E-state index in [-0.39, 0.29) is 24.5 Å². The standard InChI is InChI=1S/C25H35ClN4O2/c1-4-28(25(32)27(2)3)19-24(31)30(21-12-6-5-7-13-21)18-22-14-10-16-29(22)17-20-11-8-9-15-23(20)26/h8-11,14-16,21H,4-7,12-13,17-19H2,1-3H3. The van der Waals surface area contributed by atoms with E-state index in [0.717, 1.165) is 42.0 Å². The first kappa shape index (κ1) is 24.2. The van der Waals surface area contributed by atoms with E-state index >= 15 is 0 Å². The van der Waals surface area contributed by atoms with Crippen LogP contribution < -0.4 is 0 Å². The van der Waals surface area contributed by atoms with E-state index in [2.05, 4.69) is 10.6 Å². The van der Waals surface area contributed by atoms with Gasteiger partial charge in [0.1, 0.15) is 6.54 Å². The second-order valence-electron chi connectivity index (χ2n) is 8.72. The molecule has 0 unspecified atom stereocenters. The minimum absolute atomic E-state index is 0.0134. The molecule has 174 valence electrons. The Morgan fingerprint density at radius 3 is 2.44 bits per heavy atom. The molecule has 0 spiro atoms. The highest BCUT2D eigenvalue weighted by Gasteiger charge is 2.28. The van der Waals surface area contributed by atoms with E-state index in [0.29, 0.717) is 19.6 Å². The lowest BCUT2D eigenvalue weighted by Gasteiger charge is -2.36. The van der Waals surface area contributed by atoms with Crippen LogP contribution in [-0.4, -0.2) is 64.4 Å². The van der Waals surface area contributed by atoms with E-state index in [1.165, 1.54) is 11.3 Å². The number of nitrogens with zero attached hydrogens (tertiary/aromatic N) is 4. The van der Waals surface area contributed by atoms with Gasteiger partial charge in [-0.3, -0.25) is 4.79 Å². The van der Waals surface area contributed by atoms with Crippen molar-refractivity contribution in [1.82, 2.24) is 19.3 Å². The summed E-state index contributed by atoms with van der Waals surface area (Å²) < 4.78 is 2.16. The summed E-state index contributed by atoms with van der Waals surface area (Å²) in [6.07, 6.45) is 7.58. The lowest BCUT2D eigenvalue weighted by molar-refractivity contribution is -0.135. The third kappa shape index (κ3) is 6.06. The molecule has 1 aromatic carbocycles. The molecule has 7 heteroatoms. The maximum absolute atomic E-state index is 13.5. The Morgan fingerprint density at radius 2 is 1.78 bits per heavy atom. The smallest absolute Gasteiger partial charge is 0.319 e. The summed E-state index contributed by atoms with van der Waals surface area (Å²) in [5.74, 6) is 0.0134. The molecule has 0 saturated heterocycles. The number of likely N-dealkylation sites (N-methyl/N-ethyl adjacent to an activating group) is 1. The summed E-state index contributed by atoms with van der Waals surface area (Å²) in [6, 6.07) is 12.0. The minimum atomic E-state index is -0.133. The highest BCUT2D eigenvalue weighted by atomic mass is 35.5. The van der Waals surface area contributed by atoms with Crippen LogP contribution in [0.25, 0.3) is 0 Å². The van der Waals surface area contributed by atoms with E-state index in [1.54, 1.807) is 19.0 Å². The van der Waals surface area contributed by atoms with Crippen molar-refractivity contribution in [3.63, 3.8) is 0 Å². The van der Waals surface area contributed by atoms with Gasteiger partial charge in [0.05, 0.1) is 6.54 Å². The number of hydrogen-bond acceptors (Lipinski definition) is 2. The fourth-order valence-corrected chi connectivity index (χ4v) is 4.59. The largest absolute Gasteiger partial charge is 0.345 e. The summed E-state index contributed by atoms with van der Waals surface area (Å²) in [6.45, 7) is 3.72. The number of carbonyl (C=O) groups excluding carboxylic acids is 2. The Kier molecular flexibility index (Phi) is 8.62. The van der Waals surface area contributed by atoms with Gasteiger partial charge < -0.3 is 19.3 Å². The highest BCUT2D eigenvalue weighted by Crippen LogP contribution is 2.25. The monoisotopic (exact) mass is 458 g/mol. The maximum atomic E-state index is 13.5. The normalized spacial score (nSPS) is 14.2. The first-order valence-electron chi connectivity index (χ1n) is 11.5. The second-order valence-corrected chi connectivity index (χ2v) is 9.13. The van der Waals surface area contributed by atoms with E-state index in [9.17, 15) is 9.59 Å². The van der Waals surface area contributed by atoms with Gasteiger partial charge in [-0.1, -0.05) is 49.1 Å². The molecule has 6 nitrogen and oxygen atoms in total. The van der Waals surface area contributed by atoms with Gasteiger partial charge in [-0.05, 0) is 43.5 Å². The first-order chi connectivity index (χ1) is 15.4. The van der Waals surface area contributed by atoms with E-state index < -0.39 is 0 Å². The van der Waals surface area contributed by atoms with Crippen molar-refractivity contribution in [2.45, 2.75) is 58.2 Å². The Bertz CT molecular complexity index is 905.